The second kappa shape index (κ2) is 9.62. The molecule has 0 radical (unpaired) electrons. The third-order valence-electron chi connectivity index (χ3n) is 8.38. The van der Waals surface area contributed by atoms with Crippen molar-refractivity contribution in [2.24, 2.45) is 11.3 Å². The largest absolute Gasteiger partial charge is 0.496 e. The van der Waals surface area contributed by atoms with Crippen LogP contribution in [0.3, 0.4) is 0 Å². The van der Waals surface area contributed by atoms with Crippen molar-refractivity contribution < 1.29 is 19.0 Å². The predicted octanol–water partition coefficient (Wildman–Crippen LogP) is 5.82. The normalized spacial score (nSPS) is 25.8. The van der Waals surface area contributed by atoms with Gasteiger partial charge in [0.2, 0.25) is 0 Å². The molecule has 0 spiro atoms. The van der Waals surface area contributed by atoms with Gasteiger partial charge in [-0.2, -0.15) is 0 Å². The first kappa shape index (κ1) is 24.9. The van der Waals surface area contributed by atoms with Crippen LogP contribution in [0.4, 0.5) is 4.79 Å². The Kier molecular flexibility index (Phi) is 6.67. The number of methoxy groups -OCH3 is 1. The topological polar surface area (TPSA) is 60.0 Å². The van der Waals surface area contributed by atoms with E-state index in [-0.39, 0.29) is 23.7 Å². The van der Waals surface area contributed by atoms with Crippen molar-refractivity contribution in [2.45, 2.75) is 66.0 Å². The molecule has 3 saturated heterocycles. The van der Waals surface area contributed by atoms with Crippen LogP contribution in [0, 0.1) is 25.2 Å². The van der Waals surface area contributed by atoms with E-state index in [1.54, 1.807) is 7.11 Å². The van der Waals surface area contributed by atoms with E-state index in [9.17, 15) is 4.79 Å². The molecule has 1 amide bonds. The Morgan fingerprint density at radius 2 is 1.81 bits per heavy atom. The van der Waals surface area contributed by atoms with Crippen LogP contribution >= 0.6 is 0 Å². The van der Waals surface area contributed by atoms with E-state index < -0.39 is 0 Å². The number of carbonyl (C=O) groups excluding carboxylic acids is 1. The summed E-state index contributed by atoms with van der Waals surface area (Å²) in [6.07, 6.45) is 2.82. The molecule has 2 aromatic rings. The molecule has 6 heteroatoms. The molecule has 2 atom stereocenters. The van der Waals surface area contributed by atoms with Crippen molar-refractivity contribution in [1.29, 1.82) is 0 Å². The highest BCUT2D eigenvalue weighted by molar-refractivity contribution is 5.76. The van der Waals surface area contributed by atoms with Crippen molar-refractivity contribution in [2.75, 3.05) is 33.4 Å². The number of hydrogen-bond acceptors (Lipinski definition) is 5. The number of piperidine rings is 3. The molecule has 0 aromatic heterocycles. The van der Waals surface area contributed by atoms with Gasteiger partial charge in [0.25, 0.3) is 0 Å². The summed E-state index contributed by atoms with van der Waals surface area (Å²) in [4.78, 5) is 15.5. The fourth-order valence-electron chi connectivity index (χ4n) is 6.56. The smallest absolute Gasteiger partial charge is 0.407 e. The maximum Gasteiger partial charge on any atom is 0.407 e. The number of alkyl carbamates (subject to hydrolysis) is 1. The van der Waals surface area contributed by atoms with Gasteiger partial charge in [0.1, 0.15) is 17.6 Å². The molecule has 1 N–H and O–H groups in total. The number of benzene rings is 2. The molecular weight excluding hydrogens is 452 g/mol. The van der Waals surface area contributed by atoms with E-state index >= 15 is 0 Å². The summed E-state index contributed by atoms with van der Waals surface area (Å²) in [5, 5.41) is 3.23. The first-order valence-corrected chi connectivity index (χ1v) is 13.3. The molecule has 36 heavy (non-hydrogen) atoms. The minimum atomic E-state index is -0.305. The van der Waals surface area contributed by atoms with Crippen molar-refractivity contribution in [3.05, 3.63) is 46.5 Å². The number of amides is 1. The second-order valence-electron chi connectivity index (χ2n) is 11.4. The molecular formula is C30H40N2O4. The zero-order chi connectivity index (χ0) is 25.6. The van der Waals surface area contributed by atoms with Crippen LogP contribution in [0.5, 0.6) is 11.5 Å². The molecule has 6 rings (SSSR count). The second-order valence-corrected chi connectivity index (χ2v) is 11.4. The van der Waals surface area contributed by atoms with Crippen molar-refractivity contribution in [3.63, 3.8) is 0 Å². The molecule has 3 heterocycles. The lowest BCUT2D eigenvalue weighted by Crippen LogP contribution is -2.53. The third kappa shape index (κ3) is 4.56. The number of hydrogen-bond donors (Lipinski definition) is 1. The molecule has 2 aromatic carbocycles. The number of nitrogens with one attached hydrogen (secondary N) is 1. The molecule has 1 unspecified atom stereocenters. The fourth-order valence-corrected chi connectivity index (χ4v) is 6.56. The molecule has 4 aliphatic rings. The molecule has 194 valence electrons. The number of aryl methyl sites for hydroxylation is 2. The summed E-state index contributed by atoms with van der Waals surface area (Å²) < 4.78 is 17.7. The predicted molar refractivity (Wildman–Crippen MR) is 142 cm³/mol. The highest BCUT2D eigenvalue weighted by atomic mass is 16.6. The van der Waals surface area contributed by atoms with Crippen LogP contribution in [0.25, 0.3) is 11.1 Å². The van der Waals surface area contributed by atoms with Crippen molar-refractivity contribution in [3.8, 4) is 22.6 Å². The molecule has 3 aliphatic heterocycles. The van der Waals surface area contributed by atoms with Crippen LogP contribution in [-0.2, 0) is 11.2 Å². The maximum atomic E-state index is 13.0. The van der Waals surface area contributed by atoms with Crippen LogP contribution in [-0.4, -0.2) is 50.4 Å². The quantitative estimate of drug-likeness (QED) is 0.551. The van der Waals surface area contributed by atoms with Gasteiger partial charge in [0.15, 0.2) is 0 Å². The van der Waals surface area contributed by atoms with Crippen LogP contribution in [0.15, 0.2) is 24.3 Å². The Balaban J connectivity index is 1.41. The van der Waals surface area contributed by atoms with E-state index in [4.69, 9.17) is 14.2 Å². The maximum absolute atomic E-state index is 13.0. The minimum Gasteiger partial charge on any atom is -0.496 e. The molecule has 0 saturated carbocycles. The standard InChI is InChI=1S/C30H40N2O4/c1-7-35-27-18(2)12-21(13-19(27)3)23-14-22-16-30(4,5)28(24(22)15-25(23)34-6)31-29(33)36-26-17-32-10-8-20(26)9-11-32/h12-15,20,26,28H,7-11,16-17H2,1-6H3,(H,31,33)/t26-,28?/m0/s1. The fraction of sp³-hybridized carbons (Fsp3) is 0.567. The van der Waals surface area contributed by atoms with Gasteiger partial charge in [-0.3, -0.25) is 4.90 Å². The highest BCUT2D eigenvalue weighted by Gasteiger charge is 2.42. The Morgan fingerprint density at radius 1 is 1.11 bits per heavy atom. The lowest BCUT2D eigenvalue weighted by molar-refractivity contribution is -0.0349. The van der Waals surface area contributed by atoms with E-state index in [2.05, 4.69) is 62.2 Å². The summed E-state index contributed by atoms with van der Waals surface area (Å²) in [6, 6.07) is 8.56. The zero-order valence-corrected chi connectivity index (χ0v) is 22.6. The summed E-state index contributed by atoms with van der Waals surface area (Å²) in [5.74, 6) is 2.26. The van der Waals surface area contributed by atoms with Gasteiger partial charge < -0.3 is 19.5 Å². The van der Waals surface area contributed by atoms with E-state index in [0.717, 1.165) is 78.2 Å². The van der Waals surface area contributed by atoms with Gasteiger partial charge in [0.05, 0.1) is 19.8 Å². The van der Waals surface area contributed by atoms with Crippen LogP contribution in [0.2, 0.25) is 0 Å². The minimum absolute atomic E-state index is 0.000429. The summed E-state index contributed by atoms with van der Waals surface area (Å²) in [6.45, 7) is 14.4. The number of ether oxygens (including phenoxy) is 3. The van der Waals surface area contributed by atoms with E-state index in [1.165, 1.54) is 5.56 Å². The third-order valence-corrected chi connectivity index (χ3v) is 8.38. The summed E-state index contributed by atoms with van der Waals surface area (Å²) >= 11 is 0. The Morgan fingerprint density at radius 3 is 2.39 bits per heavy atom. The summed E-state index contributed by atoms with van der Waals surface area (Å²) in [7, 11) is 1.71. The molecule has 2 bridgehead atoms. The first-order valence-electron chi connectivity index (χ1n) is 13.3. The van der Waals surface area contributed by atoms with Crippen LogP contribution < -0.4 is 14.8 Å². The molecule has 1 aliphatic carbocycles. The lowest BCUT2D eigenvalue weighted by atomic mass is 9.85. The molecule has 6 nitrogen and oxygen atoms in total. The number of fused-ring (bicyclic) bond motifs is 4. The van der Waals surface area contributed by atoms with E-state index in [0.29, 0.717) is 12.5 Å². The Hall–Kier alpha value is -2.73. The van der Waals surface area contributed by atoms with Gasteiger partial charge in [-0.25, -0.2) is 4.79 Å². The van der Waals surface area contributed by atoms with Gasteiger partial charge >= 0.3 is 6.09 Å². The number of carbonyl (C=O) groups is 1. The Labute approximate surface area is 215 Å². The average Bonchev–Trinajstić information content (AvgIpc) is 3.09. The Bertz CT molecular complexity index is 1130. The van der Waals surface area contributed by atoms with Crippen LogP contribution in [0.1, 0.15) is 61.9 Å². The van der Waals surface area contributed by atoms with Crippen molar-refractivity contribution in [1.82, 2.24) is 10.2 Å². The summed E-state index contributed by atoms with van der Waals surface area (Å²) in [5.41, 5.74) is 6.64. The molecule has 3 fully saturated rings. The van der Waals surface area contributed by atoms with E-state index in [1.807, 2.05) is 6.92 Å². The number of rotatable bonds is 6. The first-order chi connectivity index (χ1) is 17.2. The van der Waals surface area contributed by atoms with Gasteiger partial charge in [-0.05, 0) is 117 Å². The van der Waals surface area contributed by atoms with Gasteiger partial charge in [-0.1, -0.05) is 13.8 Å². The van der Waals surface area contributed by atoms with Gasteiger partial charge in [-0.15, -0.1) is 0 Å². The van der Waals surface area contributed by atoms with Gasteiger partial charge in [0, 0.05) is 12.1 Å². The zero-order valence-electron chi connectivity index (χ0n) is 22.6. The SMILES string of the molecule is CCOc1c(C)cc(-c2cc3c(cc2OC)C(NC(=O)O[C@H]2CN4CCC2CC4)C(C)(C)C3)cc1C. The number of nitrogens with zero attached hydrogens (tertiary/aromatic N) is 1. The van der Waals surface area contributed by atoms with Crippen molar-refractivity contribution >= 4 is 6.09 Å². The lowest BCUT2D eigenvalue weighted by Gasteiger charge is -2.44. The highest BCUT2D eigenvalue weighted by Crippen LogP contribution is 2.49. The monoisotopic (exact) mass is 492 g/mol. The average molecular weight is 493 g/mol.